The summed E-state index contributed by atoms with van der Waals surface area (Å²) in [6.45, 7) is 4.74. The van der Waals surface area contributed by atoms with Gasteiger partial charge < -0.3 is 9.32 Å². The molecule has 2 aliphatic carbocycles. The molecule has 70 heavy (non-hydrogen) atoms. The van der Waals surface area contributed by atoms with Gasteiger partial charge in [-0.1, -0.05) is 220 Å². The summed E-state index contributed by atoms with van der Waals surface area (Å²) < 4.78 is 7.27. The number of rotatable bonds is 7. The molecule has 1 aromatic heterocycles. The predicted molar refractivity (Wildman–Crippen MR) is 292 cm³/mol. The molecule has 14 rings (SSSR count). The maximum atomic E-state index is 7.27. The molecule has 1 heterocycles. The average Bonchev–Trinajstić information content (AvgIpc) is 4.03. The van der Waals surface area contributed by atoms with E-state index in [-0.39, 0.29) is 5.41 Å². The number of furan rings is 1. The van der Waals surface area contributed by atoms with Crippen molar-refractivity contribution in [3.8, 4) is 44.5 Å². The third-order valence-corrected chi connectivity index (χ3v) is 15.5. The summed E-state index contributed by atoms with van der Waals surface area (Å²) >= 11 is 0. The van der Waals surface area contributed by atoms with Crippen LogP contribution in [0.2, 0.25) is 0 Å². The molecule has 0 atom stereocenters. The minimum atomic E-state index is -0.562. The number of nitrogens with zero attached hydrogens (tertiary/aromatic N) is 1. The summed E-state index contributed by atoms with van der Waals surface area (Å²) in [5.41, 5.74) is 21.6. The van der Waals surface area contributed by atoms with Crippen molar-refractivity contribution >= 4 is 49.8 Å². The van der Waals surface area contributed by atoms with Crippen molar-refractivity contribution in [2.75, 3.05) is 4.90 Å². The second-order valence-corrected chi connectivity index (χ2v) is 19.5. The second kappa shape index (κ2) is 15.4. The van der Waals surface area contributed by atoms with Crippen LogP contribution >= 0.6 is 0 Å². The SMILES string of the molecule is CC1(C)c2ccccc2-c2ccc(N(c3ccc4c(c3)C(c3ccccc3)(c3ccccc3)c3ccccc3-4)c3cc(-c4ccccc4)c4c(c3)oc3c5ccccc5c(-c5ccccc5)cc34)cc21. The first-order chi connectivity index (χ1) is 34.5. The van der Waals surface area contributed by atoms with Crippen LogP contribution in [0.3, 0.4) is 0 Å². The Hall–Kier alpha value is -8.72. The summed E-state index contributed by atoms with van der Waals surface area (Å²) in [6, 6.07) is 91.7. The Balaban J connectivity index is 1.08. The van der Waals surface area contributed by atoms with E-state index < -0.39 is 5.41 Å². The van der Waals surface area contributed by atoms with Crippen molar-refractivity contribution in [3.63, 3.8) is 0 Å². The van der Waals surface area contributed by atoms with E-state index in [1.54, 1.807) is 0 Å². The van der Waals surface area contributed by atoms with Crippen LogP contribution in [0.1, 0.15) is 47.2 Å². The van der Waals surface area contributed by atoms with Gasteiger partial charge in [-0.2, -0.15) is 0 Å². The molecule has 0 aliphatic heterocycles. The van der Waals surface area contributed by atoms with Crippen molar-refractivity contribution in [3.05, 3.63) is 282 Å². The van der Waals surface area contributed by atoms with Crippen LogP contribution in [0.4, 0.5) is 17.1 Å². The summed E-state index contributed by atoms with van der Waals surface area (Å²) in [5, 5.41) is 4.48. The third-order valence-electron chi connectivity index (χ3n) is 15.5. The summed E-state index contributed by atoms with van der Waals surface area (Å²) in [5.74, 6) is 0. The van der Waals surface area contributed by atoms with Crippen molar-refractivity contribution in [2.24, 2.45) is 0 Å². The average molecular weight is 894 g/mol. The van der Waals surface area contributed by atoms with Gasteiger partial charge in [-0.05, 0) is 120 Å². The zero-order chi connectivity index (χ0) is 46.6. The highest BCUT2D eigenvalue weighted by Crippen LogP contribution is 2.58. The van der Waals surface area contributed by atoms with Crippen LogP contribution in [0, 0.1) is 0 Å². The lowest BCUT2D eigenvalue weighted by Crippen LogP contribution is -2.28. The molecule has 2 aliphatic rings. The van der Waals surface area contributed by atoms with Crippen molar-refractivity contribution < 1.29 is 4.42 Å². The first-order valence-corrected chi connectivity index (χ1v) is 24.4. The van der Waals surface area contributed by atoms with E-state index in [0.29, 0.717) is 0 Å². The van der Waals surface area contributed by atoms with Crippen LogP contribution in [0.5, 0.6) is 0 Å². The normalized spacial score (nSPS) is 13.8. The van der Waals surface area contributed by atoms with Crippen LogP contribution in [-0.2, 0) is 10.8 Å². The van der Waals surface area contributed by atoms with Gasteiger partial charge in [0.25, 0.3) is 0 Å². The number of hydrogen-bond acceptors (Lipinski definition) is 2. The molecule has 0 unspecified atom stereocenters. The Labute approximate surface area is 408 Å². The van der Waals surface area contributed by atoms with E-state index >= 15 is 0 Å². The molecule has 0 N–H and O–H groups in total. The van der Waals surface area contributed by atoms with Gasteiger partial charge >= 0.3 is 0 Å². The second-order valence-electron chi connectivity index (χ2n) is 19.5. The Kier molecular flexibility index (Phi) is 8.88. The van der Waals surface area contributed by atoms with E-state index in [1.807, 2.05) is 0 Å². The standard InChI is InChI=1S/C68H47NO/c1-67(2)60-33-19-17-30-52(60)54-37-35-48(40-62(54)67)69(49-36-38-55-53-31-18-20-34-61(53)68(63(55)41-49,46-25-11-5-12-26-46)47-27-13-6-14-28-47)50-39-58(45-23-9-4-10-24-45)65-59-43-57(44-21-7-3-8-22-44)51-29-15-16-32-56(51)66(59)70-64(65)42-50/h3-43H,1-2H3. The first kappa shape index (κ1) is 40.4. The Morgan fingerprint density at radius 3 is 1.46 bits per heavy atom. The zero-order valence-corrected chi connectivity index (χ0v) is 39.0. The molecule has 0 radical (unpaired) electrons. The summed E-state index contributed by atoms with van der Waals surface area (Å²) in [6.07, 6.45) is 0. The van der Waals surface area contributed by atoms with E-state index in [0.717, 1.165) is 55.5 Å². The Morgan fingerprint density at radius 2 is 0.814 bits per heavy atom. The van der Waals surface area contributed by atoms with Gasteiger partial charge in [0.15, 0.2) is 0 Å². The quantitative estimate of drug-likeness (QED) is 0.158. The van der Waals surface area contributed by atoms with Crippen molar-refractivity contribution in [1.29, 1.82) is 0 Å². The molecular weight excluding hydrogens is 847 g/mol. The van der Waals surface area contributed by atoms with Crippen LogP contribution in [0.25, 0.3) is 77.2 Å². The molecule has 2 nitrogen and oxygen atoms in total. The highest BCUT2D eigenvalue weighted by molar-refractivity contribution is 6.22. The van der Waals surface area contributed by atoms with Crippen molar-refractivity contribution in [1.82, 2.24) is 0 Å². The minimum absolute atomic E-state index is 0.196. The number of hydrogen-bond donors (Lipinski definition) is 0. The highest BCUT2D eigenvalue weighted by Gasteiger charge is 2.46. The summed E-state index contributed by atoms with van der Waals surface area (Å²) in [7, 11) is 0. The predicted octanol–water partition coefficient (Wildman–Crippen LogP) is 18.2. The monoisotopic (exact) mass is 893 g/mol. The smallest absolute Gasteiger partial charge is 0.143 e. The Morgan fingerprint density at radius 1 is 0.329 bits per heavy atom. The maximum Gasteiger partial charge on any atom is 0.143 e. The maximum absolute atomic E-state index is 7.27. The number of benzene rings is 11. The van der Waals surface area contributed by atoms with E-state index in [4.69, 9.17) is 4.42 Å². The third kappa shape index (κ3) is 5.80. The lowest BCUT2D eigenvalue weighted by molar-refractivity contribution is 0.660. The van der Waals surface area contributed by atoms with E-state index in [9.17, 15) is 0 Å². The van der Waals surface area contributed by atoms with Crippen molar-refractivity contribution in [2.45, 2.75) is 24.7 Å². The molecule has 0 amide bonds. The molecule has 0 fully saturated rings. The van der Waals surface area contributed by atoms with Crippen LogP contribution in [-0.4, -0.2) is 0 Å². The summed E-state index contributed by atoms with van der Waals surface area (Å²) in [4.78, 5) is 2.48. The van der Waals surface area contributed by atoms with Gasteiger partial charge in [-0.25, -0.2) is 0 Å². The molecule has 11 aromatic carbocycles. The lowest BCUT2D eigenvalue weighted by atomic mass is 9.67. The molecular formula is C68H47NO. The van der Waals surface area contributed by atoms with E-state index in [1.165, 1.54) is 72.1 Å². The molecule has 2 heteroatoms. The number of fused-ring (bicyclic) bond motifs is 11. The molecule has 12 aromatic rings. The van der Waals surface area contributed by atoms with Crippen LogP contribution < -0.4 is 4.90 Å². The molecule has 0 saturated carbocycles. The van der Waals surface area contributed by atoms with Gasteiger partial charge in [0.1, 0.15) is 11.2 Å². The van der Waals surface area contributed by atoms with Gasteiger partial charge in [0.05, 0.1) is 11.1 Å². The first-order valence-electron chi connectivity index (χ1n) is 24.4. The minimum Gasteiger partial charge on any atom is -0.455 e. The zero-order valence-electron chi connectivity index (χ0n) is 39.0. The fourth-order valence-corrected chi connectivity index (χ4v) is 12.4. The topological polar surface area (TPSA) is 16.4 Å². The van der Waals surface area contributed by atoms with Gasteiger partial charge in [-0.3, -0.25) is 0 Å². The number of anilines is 3. The van der Waals surface area contributed by atoms with Gasteiger partial charge in [0, 0.05) is 39.0 Å². The lowest BCUT2D eigenvalue weighted by Gasteiger charge is -2.35. The molecule has 0 saturated heterocycles. The molecule has 330 valence electrons. The van der Waals surface area contributed by atoms with Crippen LogP contribution in [0.15, 0.2) is 253 Å². The highest BCUT2D eigenvalue weighted by atomic mass is 16.3. The van der Waals surface area contributed by atoms with Gasteiger partial charge in [-0.15, -0.1) is 0 Å². The fraction of sp³-hybridized carbons (Fsp3) is 0.0588. The fourth-order valence-electron chi connectivity index (χ4n) is 12.4. The Bertz CT molecular complexity index is 3980. The molecule has 0 spiro atoms. The largest absolute Gasteiger partial charge is 0.455 e. The molecule has 0 bridgehead atoms. The van der Waals surface area contributed by atoms with E-state index in [2.05, 4.69) is 267 Å². The van der Waals surface area contributed by atoms with Gasteiger partial charge in [0.2, 0.25) is 0 Å².